The quantitative estimate of drug-likeness (QED) is 0.430. The van der Waals surface area contributed by atoms with Gasteiger partial charge in [0.05, 0.1) is 5.68 Å². The highest BCUT2D eigenvalue weighted by Gasteiger charge is 2.01. The highest BCUT2D eigenvalue weighted by atomic mass is 16.1. The van der Waals surface area contributed by atoms with Gasteiger partial charge in [0.25, 0.3) is 0 Å². The molecule has 2 heteroatoms. The summed E-state index contributed by atoms with van der Waals surface area (Å²) in [7, 11) is 0. The average molecular weight is 83.9 g/mol. The first-order chi connectivity index (χ1) is 2.64. The third-order valence-corrected chi connectivity index (χ3v) is 0.813. The average Bonchev–Trinajstić information content (AvgIpc) is 1.36. The Balaban J connectivity index is 3.26. The minimum atomic E-state index is 0.213. The van der Waals surface area contributed by atoms with Crippen LogP contribution in [0, 0.1) is 0 Å². The van der Waals surface area contributed by atoms with Gasteiger partial charge >= 0.3 is 0 Å². The molecule has 1 nitrogen and oxygen atoms in total. The summed E-state index contributed by atoms with van der Waals surface area (Å²) >= 11 is 0. The summed E-state index contributed by atoms with van der Waals surface area (Å²) < 4.78 is 0. The van der Waals surface area contributed by atoms with Crippen molar-refractivity contribution in [2.75, 3.05) is 0 Å². The molecule has 0 radical (unpaired) electrons. The molecule has 0 spiro atoms. The van der Waals surface area contributed by atoms with Gasteiger partial charge in [-0.05, 0) is 6.92 Å². The number of carbonyl (C=O) groups excluding carboxylic acids is 1. The maximum absolute atomic E-state index is 10.1. The second-order valence-electron chi connectivity index (χ2n) is 1.77. The first-order valence-electron chi connectivity index (χ1n) is 2.15. The van der Waals surface area contributed by atoms with Gasteiger partial charge in [0, 0.05) is 0 Å². The summed E-state index contributed by atoms with van der Waals surface area (Å²) in [6, 6.07) is 0. The molecular weight excluding hydrogens is 74.9 g/mol. The van der Waals surface area contributed by atoms with Gasteiger partial charge in [-0.15, -0.1) is 0 Å². The fraction of sp³-hybridized carbons (Fsp3) is 0.750. The second-order valence-corrected chi connectivity index (χ2v) is 1.77. The van der Waals surface area contributed by atoms with E-state index < -0.39 is 0 Å². The molecule has 0 unspecified atom stereocenters. The van der Waals surface area contributed by atoms with E-state index in [0.29, 0.717) is 0 Å². The van der Waals surface area contributed by atoms with E-state index in [1.54, 1.807) is 6.92 Å². The largest absolute Gasteiger partial charge is 0.311 e. The summed E-state index contributed by atoms with van der Waals surface area (Å²) in [6.07, 6.45) is 0. The summed E-state index contributed by atoms with van der Waals surface area (Å²) in [4.78, 5) is 10.1. The van der Waals surface area contributed by atoms with Crippen LogP contribution in [0.4, 0.5) is 0 Å². The molecule has 0 atom stereocenters. The SMILES string of the molecule is CB(C)C(C)=O. The Bertz CT molecular complexity index is 58.6. The molecule has 0 aromatic carbocycles. The number of hydrogen-bond donors (Lipinski definition) is 0. The molecule has 0 fully saturated rings. The van der Waals surface area contributed by atoms with E-state index >= 15 is 0 Å². The van der Waals surface area contributed by atoms with Crippen LogP contribution in [0.5, 0.6) is 0 Å². The molecule has 0 aliphatic rings. The minimum Gasteiger partial charge on any atom is -0.311 e. The van der Waals surface area contributed by atoms with Crippen molar-refractivity contribution in [1.29, 1.82) is 0 Å². The van der Waals surface area contributed by atoms with Gasteiger partial charge in [-0.3, -0.25) is 0 Å². The van der Waals surface area contributed by atoms with Gasteiger partial charge < -0.3 is 4.79 Å². The van der Waals surface area contributed by atoms with Crippen LogP contribution in [-0.4, -0.2) is 12.4 Å². The summed E-state index contributed by atoms with van der Waals surface area (Å²) in [6.45, 7) is 5.60. The lowest BCUT2D eigenvalue weighted by molar-refractivity contribution is -0.110. The molecule has 0 N–H and O–H groups in total. The van der Waals surface area contributed by atoms with Crippen LogP contribution in [0.25, 0.3) is 0 Å². The molecule has 0 aromatic rings. The Labute approximate surface area is 38.8 Å². The molecule has 0 rings (SSSR count). The van der Waals surface area contributed by atoms with E-state index in [-0.39, 0.29) is 12.4 Å². The molecule has 6 heavy (non-hydrogen) atoms. The zero-order valence-electron chi connectivity index (χ0n) is 4.49. The van der Waals surface area contributed by atoms with Crippen LogP contribution in [0.2, 0.25) is 13.6 Å². The minimum absolute atomic E-state index is 0.213. The predicted molar refractivity (Wildman–Crippen MR) is 28.2 cm³/mol. The lowest BCUT2D eigenvalue weighted by Crippen LogP contribution is -2.11. The highest BCUT2D eigenvalue weighted by Crippen LogP contribution is 1.77. The second kappa shape index (κ2) is 2.01. The summed E-state index contributed by atoms with van der Waals surface area (Å²) in [5, 5.41) is 0. The van der Waals surface area contributed by atoms with Crippen LogP contribution in [0.15, 0.2) is 0 Å². The van der Waals surface area contributed by atoms with Gasteiger partial charge in [0.15, 0.2) is 0 Å². The third kappa shape index (κ3) is 2.00. The Hall–Kier alpha value is -0.265. The standard InChI is InChI=1S/C4H9BO/c1-4(6)5(2)3/h1-3H3. The van der Waals surface area contributed by atoms with E-state index in [2.05, 4.69) is 0 Å². The Morgan fingerprint density at radius 3 is 1.67 bits per heavy atom. The highest BCUT2D eigenvalue weighted by molar-refractivity contribution is 6.87. The fourth-order valence-corrected chi connectivity index (χ4v) is 0. The Kier molecular flexibility index (Phi) is 1.92. The monoisotopic (exact) mass is 84.1 g/mol. The van der Waals surface area contributed by atoms with Crippen molar-refractivity contribution in [2.24, 2.45) is 0 Å². The normalized spacial score (nSPS) is 7.83. The lowest BCUT2D eigenvalue weighted by Gasteiger charge is -1.85. The molecule has 0 aliphatic heterocycles. The van der Waals surface area contributed by atoms with Gasteiger partial charge in [0.2, 0.25) is 6.71 Å². The van der Waals surface area contributed by atoms with Crippen LogP contribution in [-0.2, 0) is 4.79 Å². The van der Waals surface area contributed by atoms with E-state index in [0.717, 1.165) is 0 Å². The van der Waals surface area contributed by atoms with Crippen LogP contribution in [0.3, 0.4) is 0 Å². The van der Waals surface area contributed by atoms with E-state index in [9.17, 15) is 4.79 Å². The predicted octanol–water partition coefficient (Wildman–Crippen LogP) is 0.869. The molecule has 0 amide bonds. The zero-order valence-corrected chi connectivity index (χ0v) is 4.49. The van der Waals surface area contributed by atoms with Gasteiger partial charge in [-0.2, -0.15) is 0 Å². The van der Waals surface area contributed by atoms with E-state index in [4.69, 9.17) is 0 Å². The van der Waals surface area contributed by atoms with Crippen LogP contribution < -0.4 is 0 Å². The number of rotatable bonds is 1. The Morgan fingerprint density at radius 2 is 1.67 bits per heavy atom. The number of carbonyl (C=O) groups is 1. The number of hydrogen-bond acceptors (Lipinski definition) is 1. The zero-order chi connectivity index (χ0) is 5.15. The molecule has 0 saturated carbocycles. The summed E-state index contributed by atoms with van der Waals surface area (Å²) in [5.74, 6) is 0. The molecule has 34 valence electrons. The smallest absolute Gasteiger partial charge is 0.216 e. The molecule has 0 saturated heterocycles. The van der Waals surface area contributed by atoms with Crippen LogP contribution in [0.1, 0.15) is 6.92 Å². The molecule has 0 bridgehead atoms. The van der Waals surface area contributed by atoms with Crippen molar-refractivity contribution in [3.63, 3.8) is 0 Å². The maximum Gasteiger partial charge on any atom is 0.216 e. The lowest BCUT2D eigenvalue weighted by atomic mass is 9.52. The van der Waals surface area contributed by atoms with E-state index in [1.165, 1.54) is 0 Å². The van der Waals surface area contributed by atoms with Gasteiger partial charge in [-0.1, -0.05) is 13.6 Å². The third-order valence-electron chi connectivity index (χ3n) is 0.813. The summed E-state index contributed by atoms with van der Waals surface area (Å²) in [5.41, 5.74) is 0.259. The fourth-order valence-electron chi connectivity index (χ4n) is 0. The first-order valence-corrected chi connectivity index (χ1v) is 2.15. The topological polar surface area (TPSA) is 17.1 Å². The Morgan fingerprint density at radius 1 is 1.50 bits per heavy atom. The van der Waals surface area contributed by atoms with Crippen molar-refractivity contribution in [2.45, 2.75) is 20.6 Å². The van der Waals surface area contributed by atoms with E-state index in [1.807, 2.05) is 13.6 Å². The van der Waals surface area contributed by atoms with Crippen LogP contribution >= 0.6 is 0 Å². The molecule has 0 aromatic heterocycles. The molecule has 0 aliphatic carbocycles. The first kappa shape index (κ1) is 5.73. The molecule has 0 heterocycles. The van der Waals surface area contributed by atoms with Crippen molar-refractivity contribution in [3.05, 3.63) is 0 Å². The van der Waals surface area contributed by atoms with Crippen molar-refractivity contribution in [3.8, 4) is 0 Å². The van der Waals surface area contributed by atoms with Crippen molar-refractivity contribution in [1.82, 2.24) is 0 Å². The van der Waals surface area contributed by atoms with Gasteiger partial charge in [-0.25, -0.2) is 0 Å². The maximum atomic E-state index is 10.1. The van der Waals surface area contributed by atoms with Gasteiger partial charge in [0.1, 0.15) is 0 Å². The molecular formula is C4H9BO. The van der Waals surface area contributed by atoms with Crippen molar-refractivity contribution >= 4 is 12.4 Å². The van der Waals surface area contributed by atoms with Crippen molar-refractivity contribution < 1.29 is 4.79 Å².